The van der Waals surface area contributed by atoms with Crippen LogP contribution in [0.2, 0.25) is 0 Å². The summed E-state index contributed by atoms with van der Waals surface area (Å²) in [6, 6.07) is 2.14. The summed E-state index contributed by atoms with van der Waals surface area (Å²) in [5, 5.41) is 2.99. The van der Waals surface area contributed by atoms with E-state index in [9.17, 15) is 4.79 Å². The highest BCUT2D eigenvalue weighted by Crippen LogP contribution is 2.26. The number of amides is 1. The summed E-state index contributed by atoms with van der Waals surface area (Å²) >= 11 is 3.38. The molecule has 0 bridgehead atoms. The molecule has 5 heteroatoms. The van der Waals surface area contributed by atoms with Gasteiger partial charge in [0.25, 0.3) is 5.91 Å². The van der Waals surface area contributed by atoms with Gasteiger partial charge in [-0.15, -0.1) is 0 Å². The fraction of sp³-hybridized carbons (Fsp3) is 0.571. The number of rotatable bonds is 2. The van der Waals surface area contributed by atoms with Gasteiger partial charge in [-0.05, 0) is 47.7 Å². The van der Waals surface area contributed by atoms with Crippen LogP contribution in [-0.2, 0) is 0 Å². The van der Waals surface area contributed by atoms with Crippen LogP contribution in [0.4, 0.5) is 5.82 Å². The number of hydrogen-bond donors (Lipinski definition) is 1. The van der Waals surface area contributed by atoms with Crippen LogP contribution in [0, 0.1) is 5.92 Å². The first-order chi connectivity index (χ1) is 9.02. The van der Waals surface area contributed by atoms with Gasteiger partial charge in [0.15, 0.2) is 0 Å². The molecule has 2 unspecified atom stereocenters. The van der Waals surface area contributed by atoms with Crippen LogP contribution in [0.5, 0.6) is 0 Å². The predicted octanol–water partition coefficient (Wildman–Crippen LogP) is 3.15. The molecular weight excluding hydrogens is 306 g/mol. The number of piperidine rings is 1. The molecule has 1 aliphatic heterocycles. The summed E-state index contributed by atoms with van der Waals surface area (Å²) in [4.78, 5) is 18.9. The smallest absolute Gasteiger partial charge is 0.257 e. The van der Waals surface area contributed by atoms with Gasteiger partial charge in [-0.2, -0.15) is 0 Å². The average Bonchev–Trinajstić information content (AvgIpc) is 2.40. The van der Waals surface area contributed by atoms with Gasteiger partial charge in [0.05, 0.1) is 5.56 Å². The number of halogens is 1. The summed E-state index contributed by atoms with van der Waals surface area (Å²) < 4.78 is 0.826. The Morgan fingerprint density at radius 1 is 1.47 bits per heavy atom. The lowest BCUT2D eigenvalue weighted by Gasteiger charge is -2.37. The van der Waals surface area contributed by atoms with Gasteiger partial charge < -0.3 is 10.2 Å². The van der Waals surface area contributed by atoms with Crippen LogP contribution in [0.15, 0.2) is 16.7 Å². The lowest BCUT2D eigenvalue weighted by molar-refractivity contribution is 0.0574. The molecule has 1 N–H and O–H groups in total. The number of nitrogens with one attached hydrogen (secondary N) is 1. The molecule has 0 radical (unpaired) electrons. The molecule has 0 saturated carbocycles. The highest BCUT2D eigenvalue weighted by molar-refractivity contribution is 9.10. The van der Waals surface area contributed by atoms with E-state index in [2.05, 4.69) is 40.1 Å². The molecule has 0 aliphatic carbocycles. The molecule has 4 nitrogen and oxygen atoms in total. The van der Waals surface area contributed by atoms with Crippen molar-refractivity contribution in [2.75, 3.05) is 18.9 Å². The minimum absolute atomic E-state index is 0.0669. The van der Waals surface area contributed by atoms with Crippen molar-refractivity contribution in [2.24, 2.45) is 5.92 Å². The van der Waals surface area contributed by atoms with E-state index in [1.807, 2.05) is 11.0 Å². The second-order valence-electron chi connectivity index (χ2n) is 5.29. The van der Waals surface area contributed by atoms with Crippen molar-refractivity contribution in [1.29, 1.82) is 0 Å². The van der Waals surface area contributed by atoms with E-state index in [-0.39, 0.29) is 5.91 Å². The number of hydrogen-bond acceptors (Lipinski definition) is 3. The number of pyridine rings is 1. The maximum Gasteiger partial charge on any atom is 0.257 e. The fourth-order valence-corrected chi connectivity index (χ4v) is 2.86. The van der Waals surface area contributed by atoms with Gasteiger partial charge in [0.2, 0.25) is 0 Å². The molecule has 2 atom stereocenters. The molecule has 1 fully saturated rings. The molecule has 1 aromatic rings. The first kappa shape index (κ1) is 14.3. The Kier molecular flexibility index (Phi) is 4.45. The van der Waals surface area contributed by atoms with Crippen molar-refractivity contribution < 1.29 is 4.79 Å². The molecule has 19 heavy (non-hydrogen) atoms. The summed E-state index contributed by atoms with van der Waals surface area (Å²) in [5.41, 5.74) is 0.637. The average molecular weight is 326 g/mol. The lowest BCUT2D eigenvalue weighted by atomic mass is 9.94. The van der Waals surface area contributed by atoms with Gasteiger partial charge in [-0.1, -0.05) is 6.92 Å². The Morgan fingerprint density at radius 3 is 2.89 bits per heavy atom. The topological polar surface area (TPSA) is 45.2 Å². The number of aromatic nitrogens is 1. The molecule has 2 heterocycles. The minimum atomic E-state index is 0.0669. The maximum atomic E-state index is 12.7. The third kappa shape index (κ3) is 3.08. The molecule has 0 spiro atoms. The molecular formula is C14H20BrN3O. The summed E-state index contributed by atoms with van der Waals surface area (Å²) in [6.45, 7) is 5.15. The number of likely N-dealkylation sites (tertiary alicyclic amines) is 1. The molecule has 1 aromatic heterocycles. The Bertz CT molecular complexity index is 478. The van der Waals surface area contributed by atoms with Gasteiger partial charge in [-0.25, -0.2) is 4.98 Å². The summed E-state index contributed by atoms with van der Waals surface area (Å²) in [5.74, 6) is 1.27. The van der Waals surface area contributed by atoms with Crippen LogP contribution in [-0.4, -0.2) is 35.4 Å². The third-order valence-electron chi connectivity index (χ3n) is 3.70. The quantitative estimate of drug-likeness (QED) is 0.908. The van der Waals surface area contributed by atoms with Crippen molar-refractivity contribution in [2.45, 2.75) is 32.7 Å². The normalized spacial score (nSPS) is 23.3. The van der Waals surface area contributed by atoms with Gasteiger partial charge in [0.1, 0.15) is 5.82 Å². The van der Waals surface area contributed by atoms with E-state index in [0.29, 0.717) is 23.3 Å². The van der Waals surface area contributed by atoms with Crippen LogP contribution in [0.1, 0.15) is 37.0 Å². The van der Waals surface area contributed by atoms with E-state index in [1.165, 1.54) is 6.42 Å². The van der Waals surface area contributed by atoms with Crippen LogP contribution in [0.25, 0.3) is 0 Å². The van der Waals surface area contributed by atoms with E-state index in [0.717, 1.165) is 17.4 Å². The van der Waals surface area contributed by atoms with Crippen molar-refractivity contribution >= 4 is 27.7 Å². The van der Waals surface area contributed by atoms with Crippen molar-refractivity contribution in [3.63, 3.8) is 0 Å². The van der Waals surface area contributed by atoms with Gasteiger partial charge in [-0.3, -0.25) is 4.79 Å². The second kappa shape index (κ2) is 5.90. The maximum absolute atomic E-state index is 12.7. The van der Waals surface area contributed by atoms with E-state index >= 15 is 0 Å². The first-order valence-electron chi connectivity index (χ1n) is 6.67. The Labute approximate surface area is 122 Å². The predicted molar refractivity (Wildman–Crippen MR) is 80.4 cm³/mol. The number of carbonyl (C=O) groups excluding carboxylic acids is 1. The molecule has 1 saturated heterocycles. The van der Waals surface area contributed by atoms with Crippen LogP contribution < -0.4 is 5.32 Å². The Hall–Kier alpha value is -1.10. The molecule has 104 valence electrons. The molecule has 1 aliphatic rings. The molecule has 0 aromatic carbocycles. The molecule has 2 rings (SSSR count). The summed E-state index contributed by atoms with van der Waals surface area (Å²) in [7, 11) is 1.79. The first-order valence-corrected chi connectivity index (χ1v) is 7.46. The monoisotopic (exact) mass is 325 g/mol. The molecule has 1 amide bonds. The standard InChI is InChI=1S/C14H20BrN3O/c1-9-4-5-10(2)18(8-9)14(19)12-6-11(15)7-17-13(12)16-3/h6-7,9-10H,4-5,8H2,1-3H3,(H,16,17). The van der Waals surface area contributed by atoms with E-state index in [4.69, 9.17) is 0 Å². The zero-order valence-corrected chi connectivity index (χ0v) is 13.2. The Morgan fingerprint density at radius 2 is 2.21 bits per heavy atom. The number of anilines is 1. The van der Waals surface area contributed by atoms with Gasteiger partial charge in [0, 0.05) is 30.3 Å². The Balaban J connectivity index is 2.30. The largest absolute Gasteiger partial charge is 0.372 e. The van der Waals surface area contributed by atoms with Crippen LogP contribution >= 0.6 is 15.9 Å². The number of carbonyl (C=O) groups is 1. The third-order valence-corrected chi connectivity index (χ3v) is 4.13. The van der Waals surface area contributed by atoms with Crippen molar-refractivity contribution in [3.05, 3.63) is 22.3 Å². The highest BCUT2D eigenvalue weighted by atomic mass is 79.9. The fourth-order valence-electron chi connectivity index (χ4n) is 2.53. The van der Waals surface area contributed by atoms with Gasteiger partial charge >= 0.3 is 0 Å². The highest BCUT2D eigenvalue weighted by Gasteiger charge is 2.29. The lowest BCUT2D eigenvalue weighted by Crippen LogP contribution is -2.45. The minimum Gasteiger partial charge on any atom is -0.372 e. The van der Waals surface area contributed by atoms with E-state index < -0.39 is 0 Å². The van der Waals surface area contributed by atoms with E-state index in [1.54, 1.807) is 13.2 Å². The zero-order valence-electron chi connectivity index (χ0n) is 11.6. The zero-order chi connectivity index (χ0) is 14.0. The second-order valence-corrected chi connectivity index (χ2v) is 6.20. The summed E-state index contributed by atoms with van der Waals surface area (Å²) in [6.07, 6.45) is 3.97. The van der Waals surface area contributed by atoms with Crippen molar-refractivity contribution in [3.8, 4) is 0 Å². The SMILES string of the molecule is CNc1ncc(Br)cc1C(=O)N1CC(C)CCC1C. The van der Waals surface area contributed by atoms with Crippen molar-refractivity contribution in [1.82, 2.24) is 9.88 Å². The van der Waals surface area contributed by atoms with Crippen LogP contribution in [0.3, 0.4) is 0 Å². The number of nitrogens with zero attached hydrogens (tertiary/aromatic N) is 2.